The maximum Gasteiger partial charge on any atom is 0.222 e. The molecule has 3 rings (SSSR count). The molecule has 0 bridgehead atoms. The van der Waals surface area contributed by atoms with Crippen LogP contribution < -0.4 is 0 Å². The van der Waals surface area contributed by atoms with Crippen molar-refractivity contribution in [2.24, 2.45) is 5.92 Å². The lowest BCUT2D eigenvalue weighted by atomic mass is 9.92. The molecule has 3 aliphatic heterocycles. The maximum absolute atomic E-state index is 13.0. The quantitative estimate of drug-likeness (QED) is 0.600. The molecule has 31 heavy (non-hydrogen) atoms. The highest BCUT2D eigenvalue weighted by Gasteiger charge is 2.31. The van der Waals surface area contributed by atoms with E-state index in [2.05, 4.69) is 4.90 Å². The fourth-order valence-corrected chi connectivity index (χ4v) is 5.15. The Labute approximate surface area is 186 Å². The van der Waals surface area contributed by atoms with Crippen LogP contribution in [-0.2, 0) is 19.1 Å². The van der Waals surface area contributed by atoms with Gasteiger partial charge in [0.15, 0.2) is 0 Å². The van der Waals surface area contributed by atoms with Crippen LogP contribution in [0.1, 0.15) is 52.4 Å². The molecule has 8 heteroatoms. The second-order valence-electron chi connectivity index (χ2n) is 9.31. The monoisotopic (exact) mass is 436 g/mol. The number of carbonyl (C=O) groups is 3. The van der Waals surface area contributed by atoms with Crippen LogP contribution >= 0.6 is 0 Å². The number of carbonyl (C=O) groups excluding carboxylic acids is 3. The maximum atomic E-state index is 13.0. The van der Waals surface area contributed by atoms with E-state index in [4.69, 9.17) is 4.74 Å². The number of ether oxygens (including phenoxy) is 1. The van der Waals surface area contributed by atoms with Crippen molar-refractivity contribution in [3.8, 4) is 0 Å². The standard InChI is InChI=1S/C23H40N4O4/c1-19(28)25-11-6-21(7-12-25)17-23(30)26-9-3-5-22(18-26)27(20(2)29)10-4-8-24-13-15-31-16-14-24/h21-22H,3-18H2,1-2H3. The lowest BCUT2D eigenvalue weighted by Gasteiger charge is -2.40. The molecule has 176 valence electrons. The lowest BCUT2D eigenvalue weighted by Crippen LogP contribution is -2.52. The van der Waals surface area contributed by atoms with E-state index in [1.165, 1.54) is 0 Å². The van der Waals surface area contributed by atoms with Gasteiger partial charge in [0.05, 0.1) is 13.2 Å². The first-order chi connectivity index (χ1) is 14.9. The van der Waals surface area contributed by atoms with Crippen LogP contribution in [0.3, 0.4) is 0 Å². The van der Waals surface area contributed by atoms with Crippen molar-refractivity contribution in [1.29, 1.82) is 0 Å². The van der Waals surface area contributed by atoms with Crippen LogP contribution in [-0.4, -0.2) is 109 Å². The Kier molecular flexibility index (Phi) is 9.14. The Morgan fingerprint density at radius 2 is 1.65 bits per heavy atom. The van der Waals surface area contributed by atoms with Crippen molar-refractivity contribution in [2.45, 2.75) is 58.4 Å². The fourth-order valence-electron chi connectivity index (χ4n) is 5.15. The van der Waals surface area contributed by atoms with Gasteiger partial charge in [-0.25, -0.2) is 0 Å². The van der Waals surface area contributed by atoms with Crippen molar-refractivity contribution in [3.05, 3.63) is 0 Å². The number of nitrogens with zero attached hydrogens (tertiary/aromatic N) is 4. The third-order valence-electron chi connectivity index (χ3n) is 7.09. The summed E-state index contributed by atoms with van der Waals surface area (Å²) in [5, 5.41) is 0. The van der Waals surface area contributed by atoms with E-state index in [-0.39, 0.29) is 23.8 Å². The van der Waals surface area contributed by atoms with Crippen molar-refractivity contribution >= 4 is 17.7 Å². The van der Waals surface area contributed by atoms with E-state index in [1.54, 1.807) is 13.8 Å². The molecule has 0 aromatic carbocycles. The second kappa shape index (κ2) is 11.8. The van der Waals surface area contributed by atoms with Crippen molar-refractivity contribution < 1.29 is 19.1 Å². The zero-order chi connectivity index (χ0) is 22.2. The lowest BCUT2D eigenvalue weighted by molar-refractivity contribution is -0.139. The molecule has 3 heterocycles. The molecular weight excluding hydrogens is 396 g/mol. The molecule has 3 saturated heterocycles. The average Bonchev–Trinajstić information content (AvgIpc) is 2.77. The molecule has 0 aromatic rings. The van der Waals surface area contributed by atoms with Gasteiger partial charge in [-0.1, -0.05) is 0 Å². The molecule has 1 unspecified atom stereocenters. The highest BCUT2D eigenvalue weighted by atomic mass is 16.5. The summed E-state index contributed by atoms with van der Waals surface area (Å²) in [6.07, 6.45) is 5.26. The Bertz CT molecular complexity index is 615. The Balaban J connectivity index is 1.45. The zero-order valence-corrected chi connectivity index (χ0v) is 19.4. The molecule has 3 amide bonds. The number of amides is 3. The number of rotatable bonds is 7. The van der Waals surface area contributed by atoms with E-state index >= 15 is 0 Å². The average molecular weight is 437 g/mol. The Morgan fingerprint density at radius 3 is 2.29 bits per heavy atom. The summed E-state index contributed by atoms with van der Waals surface area (Å²) in [6.45, 7) is 11.5. The smallest absolute Gasteiger partial charge is 0.222 e. The highest BCUT2D eigenvalue weighted by molar-refractivity contribution is 5.77. The summed E-state index contributed by atoms with van der Waals surface area (Å²) in [5.41, 5.74) is 0. The second-order valence-corrected chi connectivity index (χ2v) is 9.31. The number of likely N-dealkylation sites (tertiary alicyclic amines) is 2. The first-order valence-corrected chi connectivity index (χ1v) is 12.0. The van der Waals surface area contributed by atoms with Gasteiger partial charge in [-0.05, 0) is 38.0 Å². The van der Waals surface area contributed by atoms with Crippen LogP contribution in [0.15, 0.2) is 0 Å². The van der Waals surface area contributed by atoms with Gasteiger partial charge in [0, 0.05) is 78.7 Å². The van der Waals surface area contributed by atoms with Gasteiger partial charge in [0.1, 0.15) is 0 Å². The SMILES string of the molecule is CC(=O)N1CCC(CC(=O)N2CCCC(N(CCCN3CCOCC3)C(C)=O)C2)CC1. The summed E-state index contributed by atoms with van der Waals surface area (Å²) in [7, 11) is 0. The van der Waals surface area contributed by atoms with Gasteiger partial charge >= 0.3 is 0 Å². The number of piperidine rings is 2. The van der Waals surface area contributed by atoms with Gasteiger partial charge in [-0.2, -0.15) is 0 Å². The fraction of sp³-hybridized carbons (Fsp3) is 0.870. The molecule has 0 radical (unpaired) electrons. The third-order valence-corrected chi connectivity index (χ3v) is 7.09. The predicted molar refractivity (Wildman–Crippen MR) is 118 cm³/mol. The van der Waals surface area contributed by atoms with E-state index < -0.39 is 0 Å². The van der Waals surface area contributed by atoms with E-state index in [1.807, 2.05) is 14.7 Å². The zero-order valence-electron chi connectivity index (χ0n) is 19.4. The number of hydrogen-bond donors (Lipinski definition) is 0. The molecule has 3 aliphatic rings. The molecule has 8 nitrogen and oxygen atoms in total. The summed E-state index contributed by atoms with van der Waals surface area (Å²) in [5.74, 6) is 0.808. The summed E-state index contributed by atoms with van der Waals surface area (Å²) < 4.78 is 5.40. The topological polar surface area (TPSA) is 73.4 Å². The molecule has 0 saturated carbocycles. The minimum atomic E-state index is 0.109. The number of hydrogen-bond acceptors (Lipinski definition) is 5. The van der Waals surface area contributed by atoms with E-state index in [0.717, 1.165) is 91.1 Å². The van der Waals surface area contributed by atoms with Crippen LogP contribution in [0.25, 0.3) is 0 Å². The first-order valence-electron chi connectivity index (χ1n) is 12.0. The minimum Gasteiger partial charge on any atom is -0.379 e. The minimum absolute atomic E-state index is 0.109. The van der Waals surface area contributed by atoms with Gasteiger partial charge in [-0.15, -0.1) is 0 Å². The van der Waals surface area contributed by atoms with E-state index in [9.17, 15) is 14.4 Å². The molecular formula is C23H40N4O4. The van der Waals surface area contributed by atoms with Crippen molar-refractivity contribution in [2.75, 3.05) is 65.6 Å². The summed E-state index contributed by atoms with van der Waals surface area (Å²) in [6, 6.07) is 0.124. The Hall–Kier alpha value is -1.67. The molecule has 0 N–H and O–H groups in total. The van der Waals surface area contributed by atoms with Crippen LogP contribution in [0, 0.1) is 5.92 Å². The van der Waals surface area contributed by atoms with Crippen molar-refractivity contribution in [3.63, 3.8) is 0 Å². The summed E-state index contributed by atoms with van der Waals surface area (Å²) >= 11 is 0. The van der Waals surface area contributed by atoms with Gasteiger partial charge < -0.3 is 19.4 Å². The highest BCUT2D eigenvalue weighted by Crippen LogP contribution is 2.24. The first kappa shape index (κ1) is 24.0. The van der Waals surface area contributed by atoms with Gasteiger partial charge in [-0.3, -0.25) is 19.3 Å². The molecule has 1 atom stereocenters. The largest absolute Gasteiger partial charge is 0.379 e. The van der Waals surface area contributed by atoms with Gasteiger partial charge in [0.25, 0.3) is 0 Å². The molecule has 3 fully saturated rings. The van der Waals surface area contributed by atoms with Crippen LogP contribution in [0.4, 0.5) is 0 Å². The van der Waals surface area contributed by atoms with Crippen molar-refractivity contribution in [1.82, 2.24) is 19.6 Å². The van der Waals surface area contributed by atoms with Crippen LogP contribution in [0.5, 0.6) is 0 Å². The van der Waals surface area contributed by atoms with Gasteiger partial charge in [0.2, 0.25) is 17.7 Å². The van der Waals surface area contributed by atoms with E-state index in [0.29, 0.717) is 18.9 Å². The summed E-state index contributed by atoms with van der Waals surface area (Å²) in [4.78, 5) is 45.1. The third kappa shape index (κ3) is 7.17. The normalized spacial score (nSPS) is 23.6. The molecule has 0 aromatic heterocycles. The predicted octanol–water partition coefficient (Wildman–Crippen LogP) is 1.20. The molecule has 0 spiro atoms. The Morgan fingerprint density at radius 1 is 0.935 bits per heavy atom. The number of morpholine rings is 1. The van der Waals surface area contributed by atoms with Crippen LogP contribution in [0.2, 0.25) is 0 Å². The molecule has 0 aliphatic carbocycles.